The Morgan fingerprint density at radius 2 is 1.35 bits per heavy atom. The van der Waals surface area contributed by atoms with Crippen LogP contribution in [-0.4, -0.2) is 184 Å². The van der Waals surface area contributed by atoms with Crippen molar-refractivity contribution in [3.8, 4) is 62.9 Å². The number of aryl methyl sites for hydroxylation is 1. The zero-order valence-corrected chi connectivity index (χ0v) is 69.4. The Kier molecular flexibility index (Phi) is 27.7. The van der Waals surface area contributed by atoms with E-state index in [1.165, 1.54) is 32.2 Å². The molecule has 0 radical (unpaired) electrons. The third kappa shape index (κ3) is 19.7. The van der Waals surface area contributed by atoms with E-state index in [0.717, 1.165) is 65.7 Å². The predicted octanol–water partition coefficient (Wildman–Crippen LogP) is 6.57. The zero-order valence-electron chi connectivity index (χ0n) is 64.2. The SMILES string of the molecule is CN[C@H](CC(C)C)C(=O)N[C@H]1C(=O)N[C@@H](CC(N)=O)C(=O)N[C@H]2C(=O)N[C@H]3C(=O)N[C@H](C(=O)N[C@@H](C(=O)O)c4cc(O)cc(O)c4-c4cc3ccc4O)[C@H](O)c3ccc(c(Cl)c3)Oc3cc2cc(c3OC2OC(CI)C(O)C(O)C2OC2CC(C)(NCc3ccc(OCc4ccc(Cl)c(Cl)c4)cc3)C(O)C(C)O2)Oc2c(C)cc(cc2Cl)[C@H]1O. The summed E-state index contributed by atoms with van der Waals surface area (Å²) in [5.41, 5.74) is 3.47. The fourth-order valence-corrected chi connectivity index (χ4v) is 16.3. The van der Waals surface area contributed by atoms with E-state index in [2.05, 4.69) is 42.5 Å². The van der Waals surface area contributed by atoms with E-state index in [-0.39, 0.29) is 75.1 Å². The lowest BCUT2D eigenvalue weighted by Gasteiger charge is -2.48. The molecular weight excluding hydrogens is 1750 g/mol. The summed E-state index contributed by atoms with van der Waals surface area (Å²) in [6.45, 7) is 8.82. The summed E-state index contributed by atoms with van der Waals surface area (Å²) in [4.78, 5) is 118. The predicted molar refractivity (Wildman–Crippen MR) is 436 cm³/mol. The van der Waals surface area contributed by atoms with Crippen molar-refractivity contribution in [2.45, 2.75) is 176 Å². The van der Waals surface area contributed by atoms with E-state index in [1.807, 2.05) is 48.6 Å². The van der Waals surface area contributed by atoms with Crippen molar-refractivity contribution in [1.82, 2.24) is 42.5 Å². The number of aliphatic hydroxyl groups excluding tert-OH is 5. The third-order valence-electron chi connectivity index (χ3n) is 21.0. The van der Waals surface area contributed by atoms with Gasteiger partial charge >= 0.3 is 5.97 Å². The van der Waals surface area contributed by atoms with Gasteiger partial charge in [0.2, 0.25) is 53.4 Å². The smallest absolute Gasteiger partial charge is 0.330 e. The van der Waals surface area contributed by atoms with E-state index in [0.29, 0.717) is 15.8 Å². The number of aliphatic hydroxyl groups is 5. The molecule has 2 saturated heterocycles. The number of carbonyl (C=O) groups is 8. The maximum Gasteiger partial charge on any atom is 0.330 e. The van der Waals surface area contributed by atoms with Crippen LogP contribution >= 0.6 is 69.0 Å². The maximum atomic E-state index is 16.3. The van der Waals surface area contributed by atoms with Crippen LogP contribution in [0.4, 0.5) is 0 Å². The molecular formula is C81H86Cl4IN9O24. The molecule has 7 heterocycles. The van der Waals surface area contributed by atoms with Gasteiger partial charge in [0, 0.05) is 45.7 Å². The molecule has 14 rings (SSSR count). The van der Waals surface area contributed by atoms with Crippen molar-refractivity contribution in [3.63, 3.8) is 0 Å². The zero-order chi connectivity index (χ0) is 86.1. The number of rotatable bonds is 19. The molecule has 7 aromatic carbocycles. The number of aromatic hydroxyl groups is 3. The van der Waals surface area contributed by atoms with Gasteiger partial charge in [0.1, 0.15) is 95.7 Å². The van der Waals surface area contributed by atoms with Gasteiger partial charge < -0.3 is 127 Å². The Bertz CT molecular complexity index is 5050. The molecule has 119 heavy (non-hydrogen) atoms. The van der Waals surface area contributed by atoms with Crippen LogP contribution in [0.1, 0.15) is 122 Å². The fraction of sp³-hybridized carbons (Fsp3) is 0.383. The summed E-state index contributed by atoms with van der Waals surface area (Å²) in [5, 5.41) is 127. The number of primary amides is 1. The normalized spacial score (nSPS) is 26.7. The minimum Gasteiger partial charge on any atom is -0.508 e. The lowest BCUT2D eigenvalue weighted by Crippen LogP contribution is -2.65. The van der Waals surface area contributed by atoms with Gasteiger partial charge in [-0.2, -0.15) is 0 Å². The quantitative estimate of drug-likeness (QED) is 0.0300. The number of nitrogens with one attached hydrogen (secondary N) is 8. The van der Waals surface area contributed by atoms with E-state index in [9.17, 15) is 65.1 Å². The van der Waals surface area contributed by atoms with Crippen molar-refractivity contribution in [2.75, 3.05) is 11.5 Å². The van der Waals surface area contributed by atoms with Crippen LogP contribution < -0.4 is 67.2 Å². The van der Waals surface area contributed by atoms with Crippen LogP contribution in [0.25, 0.3) is 11.1 Å². The molecule has 7 aliphatic rings. The van der Waals surface area contributed by atoms with Crippen LogP contribution in [0, 0.1) is 12.8 Å². The summed E-state index contributed by atoms with van der Waals surface area (Å²) in [6.07, 6.45) is -17.5. The first kappa shape index (κ1) is 88.7. The fourth-order valence-electron chi connectivity index (χ4n) is 14.7. The molecule has 2 fully saturated rings. The number of carbonyl (C=O) groups excluding carboxylic acids is 7. The Morgan fingerprint density at radius 1 is 0.681 bits per heavy atom. The number of fused-ring (bicyclic) bond motifs is 15. The topological polar surface area (TPSA) is 506 Å². The molecule has 634 valence electrons. The van der Waals surface area contributed by atoms with Gasteiger partial charge in [-0.3, -0.25) is 33.6 Å². The van der Waals surface area contributed by atoms with Gasteiger partial charge in [0.05, 0.1) is 50.9 Å². The van der Waals surface area contributed by atoms with Crippen LogP contribution in [-0.2, 0) is 65.7 Å². The molecule has 18 atom stereocenters. The van der Waals surface area contributed by atoms with Crippen molar-refractivity contribution in [3.05, 3.63) is 180 Å². The number of alkyl halides is 1. The number of likely N-dealkylation sites (N-methyl/N-ethyl adjacent to an activating group) is 1. The number of nitrogens with two attached hydrogens (primary N) is 1. The molecule has 9 unspecified atom stereocenters. The molecule has 38 heteroatoms. The molecule has 0 aromatic heterocycles. The van der Waals surface area contributed by atoms with Gasteiger partial charge in [-0.15, -0.1) is 0 Å². The summed E-state index contributed by atoms with van der Waals surface area (Å²) in [6, 6.07) is 10.9. The number of hydrogen-bond donors (Lipinski definition) is 18. The number of halogens is 5. The van der Waals surface area contributed by atoms with Crippen LogP contribution in [0.3, 0.4) is 0 Å². The number of aliphatic carboxylic acids is 1. The Balaban J connectivity index is 1.03. The van der Waals surface area contributed by atoms with Gasteiger partial charge in [0.15, 0.2) is 29.9 Å². The minimum absolute atomic E-state index is 0.0236. The summed E-state index contributed by atoms with van der Waals surface area (Å²) < 4.78 is 46.3. The van der Waals surface area contributed by atoms with Crippen LogP contribution in [0.15, 0.2) is 115 Å². The average Bonchev–Trinajstić information content (AvgIpc) is 0.753. The molecule has 0 spiro atoms. The lowest BCUT2D eigenvalue weighted by molar-refractivity contribution is -0.330. The number of phenols is 3. The number of phenolic OH excluding ortho intramolecular Hbond substituents is 3. The summed E-state index contributed by atoms with van der Waals surface area (Å²) in [5.74, 6) is -15.1. The van der Waals surface area contributed by atoms with E-state index >= 15 is 19.2 Å². The Morgan fingerprint density at radius 3 is 2.02 bits per heavy atom. The number of hydrogen-bond acceptors (Lipinski definition) is 25. The van der Waals surface area contributed by atoms with Crippen molar-refractivity contribution in [1.29, 1.82) is 0 Å². The highest BCUT2D eigenvalue weighted by molar-refractivity contribution is 14.1. The Hall–Kier alpha value is -9.61. The van der Waals surface area contributed by atoms with Gasteiger partial charge in [-0.25, -0.2) is 4.79 Å². The van der Waals surface area contributed by atoms with Gasteiger partial charge in [-0.05, 0) is 158 Å². The standard InChI is InChI=1S/C81H86Cl4IN9O24/c1-32(2)17-49(88-6)73(105)94-64-66(101)40-18-33(3)69(48(85)22-40)116-55-24-39-23-54(70(55)119-80-71(68(103)67(102)56(29-86)117-80)118-58-28-81(5,72(104)34(4)114-58)89-30-35-7-12-42(13-8-35)113-31-36-9-14-45(82)46(83)19-36)115-53-16-11-38(21-47(53)84)65(100)63-78(110)93-62(79(111)112)44-25-41(96)26-52(98)59(44)43-20-37(10-15-51(43)97)60(75(107)95-63)92-76(108)61(39)91-74(106)50(27-57(87)99)90-77(64)109/h7-16,18-26,32,34,49-50,56,58,60-68,71-72,80,88-89,96-98,100-104H,17,27-31H2,1-6H3,(H2,87,99)(H,90,109)(H,91,106)(H,92,108)(H,93,110)(H,94,105)(H,95,107)(H,111,112)/t34?,49-,50+,56?,58?,60-,61-,62-,63+,64-,65-,66-,67?,68?,71?,72?,80?,81?/m1/s1. The molecule has 19 N–H and O–H groups in total. The van der Waals surface area contributed by atoms with Crippen LogP contribution in [0.2, 0.25) is 20.1 Å². The maximum absolute atomic E-state index is 16.3. The summed E-state index contributed by atoms with van der Waals surface area (Å²) in [7, 11) is 1.49. The number of carboxylic acids is 1. The highest BCUT2D eigenvalue weighted by atomic mass is 127. The number of amides is 7. The Labute approximate surface area is 713 Å². The van der Waals surface area contributed by atoms with Crippen molar-refractivity contribution >= 4 is 116 Å². The second kappa shape index (κ2) is 37.2. The average molecular weight is 1840 g/mol. The number of carboxylic acid groups (broad SMARTS) is 1. The van der Waals surface area contributed by atoms with Crippen molar-refractivity contribution in [2.24, 2.45) is 11.7 Å². The minimum atomic E-state index is -2.34. The molecule has 7 aromatic rings. The molecule has 11 bridgehead atoms. The highest BCUT2D eigenvalue weighted by Gasteiger charge is 2.52. The number of ether oxygens (including phenoxy) is 7. The molecule has 0 aliphatic carbocycles. The van der Waals surface area contributed by atoms with Crippen molar-refractivity contribution < 1.29 is 117 Å². The second-order valence-electron chi connectivity index (χ2n) is 30.1. The van der Waals surface area contributed by atoms with Gasteiger partial charge in [0.25, 0.3) is 0 Å². The van der Waals surface area contributed by atoms with Gasteiger partial charge in [-0.1, -0.05) is 113 Å². The number of benzene rings is 7. The van der Waals surface area contributed by atoms with Crippen LogP contribution in [0.5, 0.6) is 51.7 Å². The second-order valence-corrected chi connectivity index (χ2v) is 32.6. The lowest BCUT2D eigenvalue weighted by atomic mass is 9.84. The summed E-state index contributed by atoms with van der Waals surface area (Å²) >= 11 is 28.7. The van der Waals surface area contributed by atoms with E-state index in [1.54, 1.807) is 44.2 Å². The first-order valence-corrected chi connectivity index (χ1v) is 40.5. The first-order valence-electron chi connectivity index (χ1n) is 37.4. The molecule has 7 aliphatic heterocycles. The van der Waals surface area contributed by atoms with E-state index < -0.39 is 225 Å². The monoisotopic (exact) mass is 1840 g/mol. The molecule has 0 saturated carbocycles. The largest absolute Gasteiger partial charge is 0.508 e. The molecule has 33 nitrogen and oxygen atoms in total. The first-order chi connectivity index (χ1) is 56.4. The third-order valence-corrected chi connectivity index (χ3v) is 23.2. The van der Waals surface area contributed by atoms with E-state index in [4.69, 9.17) is 85.3 Å². The molecule has 7 amide bonds. The highest BCUT2D eigenvalue weighted by Crippen LogP contribution is 2.51.